The third-order valence-corrected chi connectivity index (χ3v) is 4.61. The van der Waals surface area contributed by atoms with E-state index in [2.05, 4.69) is 79.7 Å². The smallest absolute Gasteiger partial charge is 0.0125 e. The minimum Gasteiger partial charge on any atom is -0.0561 e. The second kappa shape index (κ2) is 5.33. The zero-order valence-electron chi connectivity index (χ0n) is 14.8. The van der Waals surface area contributed by atoms with Crippen LogP contribution in [0.2, 0.25) is 0 Å². The molecule has 2 rings (SSSR count). The van der Waals surface area contributed by atoms with Gasteiger partial charge in [-0.1, -0.05) is 45.0 Å². The van der Waals surface area contributed by atoms with Crippen LogP contribution in [-0.4, -0.2) is 0 Å². The Bertz CT molecular complexity index is 636. The summed E-state index contributed by atoms with van der Waals surface area (Å²) in [5.74, 6) is 0. The second-order valence-electron chi connectivity index (χ2n) is 7.47. The molecular formula is C21H28. The summed E-state index contributed by atoms with van der Waals surface area (Å²) in [5, 5.41) is 0. The Labute approximate surface area is 130 Å². The van der Waals surface area contributed by atoms with Crippen LogP contribution in [0.3, 0.4) is 0 Å². The first kappa shape index (κ1) is 15.8. The fourth-order valence-electron chi connectivity index (χ4n) is 3.03. The molecule has 0 saturated carbocycles. The van der Waals surface area contributed by atoms with Gasteiger partial charge in [0, 0.05) is 0 Å². The zero-order valence-corrected chi connectivity index (χ0v) is 14.8. The van der Waals surface area contributed by atoms with Gasteiger partial charge in [-0.2, -0.15) is 0 Å². The average Bonchev–Trinajstić information content (AvgIpc) is 2.33. The SMILES string of the molecule is Cc1cc(-c2c(C)cc(C(C)(C)C)cc2C)cc(C)c1C. The molecule has 0 fully saturated rings. The van der Waals surface area contributed by atoms with Crippen LogP contribution in [0.5, 0.6) is 0 Å². The molecule has 0 aliphatic heterocycles. The Hall–Kier alpha value is -1.56. The summed E-state index contributed by atoms with van der Waals surface area (Å²) >= 11 is 0. The Balaban J connectivity index is 2.66. The quantitative estimate of drug-likeness (QED) is 0.584. The lowest BCUT2D eigenvalue weighted by atomic mass is 9.82. The van der Waals surface area contributed by atoms with Crippen LogP contribution in [0.15, 0.2) is 24.3 Å². The molecule has 0 nitrogen and oxygen atoms in total. The summed E-state index contributed by atoms with van der Waals surface area (Å²) in [6, 6.07) is 9.36. The van der Waals surface area contributed by atoms with Gasteiger partial charge in [0.2, 0.25) is 0 Å². The summed E-state index contributed by atoms with van der Waals surface area (Å²) in [6.07, 6.45) is 0. The monoisotopic (exact) mass is 280 g/mol. The molecule has 2 aromatic carbocycles. The Morgan fingerprint density at radius 3 is 1.43 bits per heavy atom. The second-order valence-corrected chi connectivity index (χ2v) is 7.47. The van der Waals surface area contributed by atoms with Gasteiger partial charge in [-0.25, -0.2) is 0 Å². The first-order valence-electron chi connectivity index (χ1n) is 7.81. The highest BCUT2D eigenvalue weighted by atomic mass is 14.2. The summed E-state index contributed by atoms with van der Waals surface area (Å²) < 4.78 is 0. The predicted molar refractivity (Wildman–Crippen MR) is 94.3 cm³/mol. The van der Waals surface area contributed by atoms with E-state index >= 15 is 0 Å². The normalized spacial score (nSPS) is 11.8. The van der Waals surface area contributed by atoms with Gasteiger partial charge in [-0.05, 0) is 84.5 Å². The number of hydrogen-bond donors (Lipinski definition) is 0. The fourth-order valence-corrected chi connectivity index (χ4v) is 3.03. The van der Waals surface area contributed by atoms with Crippen molar-refractivity contribution in [3.05, 3.63) is 57.6 Å². The predicted octanol–water partition coefficient (Wildman–Crippen LogP) is 6.19. The van der Waals surface area contributed by atoms with Crippen LogP contribution in [0.4, 0.5) is 0 Å². The van der Waals surface area contributed by atoms with Crippen LogP contribution >= 0.6 is 0 Å². The molecule has 112 valence electrons. The molecule has 0 N–H and O–H groups in total. The molecule has 0 saturated heterocycles. The molecule has 21 heavy (non-hydrogen) atoms. The maximum atomic E-state index is 2.35. The molecule has 0 atom stereocenters. The largest absolute Gasteiger partial charge is 0.0561 e. The molecule has 0 aromatic heterocycles. The molecular weight excluding hydrogens is 252 g/mol. The highest BCUT2D eigenvalue weighted by Gasteiger charge is 2.17. The van der Waals surface area contributed by atoms with Crippen molar-refractivity contribution in [3.8, 4) is 11.1 Å². The zero-order chi connectivity index (χ0) is 15.9. The maximum absolute atomic E-state index is 2.35. The van der Waals surface area contributed by atoms with E-state index in [9.17, 15) is 0 Å². The molecule has 0 unspecified atom stereocenters. The van der Waals surface area contributed by atoms with Crippen LogP contribution in [0.25, 0.3) is 11.1 Å². The van der Waals surface area contributed by atoms with Crippen molar-refractivity contribution in [2.75, 3.05) is 0 Å². The Kier molecular flexibility index (Phi) is 4.02. The van der Waals surface area contributed by atoms with Crippen molar-refractivity contribution in [1.29, 1.82) is 0 Å². The number of rotatable bonds is 1. The van der Waals surface area contributed by atoms with Crippen molar-refractivity contribution < 1.29 is 0 Å². The maximum Gasteiger partial charge on any atom is -0.0125 e. The van der Waals surface area contributed by atoms with Crippen LogP contribution in [0, 0.1) is 34.6 Å². The van der Waals surface area contributed by atoms with Gasteiger partial charge in [-0.3, -0.25) is 0 Å². The van der Waals surface area contributed by atoms with Crippen LogP contribution in [-0.2, 0) is 5.41 Å². The van der Waals surface area contributed by atoms with Crippen molar-refractivity contribution in [3.63, 3.8) is 0 Å². The molecule has 0 aliphatic rings. The first-order chi connectivity index (χ1) is 9.61. The standard InChI is InChI=1S/C21H28/c1-13-9-18(10-14(2)17(13)5)20-15(3)11-19(12-16(20)4)21(6,7)8/h9-12H,1-8H3. The van der Waals surface area contributed by atoms with E-state index in [-0.39, 0.29) is 5.41 Å². The van der Waals surface area contributed by atoms with Gasteiger partial charge >= 0.3 is 0 Å². The number of hydrogen-bond acceptors (Lipinski definition) is 0. The Morgan fingerprint density at radius 2 is 1.05 bits per heavy atom. The van der Waals surface area contributed by atoms with E-state index in [0.29, 0.717) is 0 Å². The summed E-state index contributed by atoms with van der Waals surface area (Å²) in [5.41, 5.74) is 11.3. The minimum absolute atomic E-state index is 0.202. The van der Waals surface area contributed by atoms with E-state index < -0.39 is 0 Å². The molecule has 0 spiro atoms. The summed E-state index contributed by atoms with van der Waals surface area (Å²) in [4.78, 5) is 0. The van der Waals surface area contributed by atoms with Crippen molar-refractivity contribution in [1.82, 2.24) is 0 Å². The van der Waals surface area contributed by atoms with Crippen molar-refractivity contribution >= 4 is 0 Å². The summed E-state index contributed by atoms with van der Waals surface area (Å²) in [6.45, 7) is 17.9. The van der Waals surface area contributed by atoms with Crippen molar-refractivity contribution in [2.45, 2.75) is 60.8 Å². The molecule has 0 aliphatic carbocycles. The first-order valence-corrected chi connectivity index (χ1v) is 7.81. The van der Waals surface area contributed by atoms with Gasteiger partial charge in [0.1, 0.15) is 0 Å². The lowest BCUT2D eigenvalue weighted by Crippen LogP contribution is -2.12. The Morgan fingerprint density at radius 1 is 0.619 bits per heavy atom. The van der Waals surface area contributed by atoms with Gasteiger partial charge in [0.25, 0.3) is 0 Å². The van der Waals surface area contributed by atoms with E-state index in [1.54, 1.807) is 0 Å². The number of benzene rings is 2. The molecule has 0 heteroatoms. The topological polar surface area (TPSA) is 0 Å². The summed E-state index contributed by atoms with van der Waals surface area (Å²) in [7, 11) is 0. The van der Waals surface area contributed by atoms with Gasteiger partial charge in [0.05, 0.1) is 0 Å². The van der Waals surface area contributed by atoms with Gasteiger partial charge in [0.15, 0.2) is 0 Å². The molecule has 0 radical (unpaired) electrons. The molecule has 0 heterocycles. The van der Waals surface area contributed by atoms with Crippen LogP contribution in [0.1, 0.15) is 54.2 Å². The van der Waals surface area contributed by atoms with E-state index in [4.69, 9.17) is 0 Å². The fraction of sp³-hybridized carbons (Fsp3) is 0.429. The van der Waals surface area contributed by atoms with E-state index in [1.165, 1.54) is 44.5 Å². The average molecular weight is 280 g/mol. The minimum atomic E-state index is 0.202. The molecule has 0 bridgehead atoms. The van der Waals surface area contributed by atoms with Crippen molar-refractivity contribution in [2.24, 2.45) is 0 Å². The van der Waals surface area contributed by atoms with Crippen LogP contribution < -0.4 is 0 Å². The molecule has 0 amide bonds. The highest BCUT2D eigenvalue weighted by molar-refractivity contribution is 5.73. The number of aryl methyl sites for hydroxylation is 4. The van der Waals surface area contributed by atoms with E-state index in [1.807, 2.05) is 0 Å². The third-order valence-electron chi connectivity index (χ3n) is 4.61. The lowest BCUT2D eigenvalue weighted by molar-refractivity contribution is 0.589. The van der Waals surface area contributed by atoms with Gasteiger partial charge in [-0.15, -0.1) is 0 Å². The van der Waals surface area contributed by atoms with E-state index in [0.717, 1.165) is 0 Å². The lowest BCUT2D eigenvalue weighted by Gasteiger charge is -2.23. The highest BCUT2D eigenvalue weighted by Crippen LogP contribution is 2.34. The van der Waals surface area contributed by atoms with Gasteiger partial charge < -0.3 is 0 Å². The third kappa shape index (κ3) is 3.05. The molecule has 2 aromatic rings.